The Morgan fingerprint density at radius 1 is 1.43 bits per heavy atom. The van der Waals surface area contributed by atoms with Crippen LogP contribution in [0.4, 0.5) is 0 Å². The summed E-state index contributed by atoms with van der Waals surface area (Å²) in [6, 6.07) is 2.17. The van der Waals surface area contributed by atoms with Crippen LogP contribution in [0.3, 0.4) is 0 Å². The first-order valence-corrected chi connectivity index (χ1v) is 8.28. The topological polar surface area (TPSA) is 77.0 Å². The first-order chi connectivity index (χ1) is 11.2. The zero-order valence-electron chi connectivity index (χ0n) is 13.5. The Morgan fingerprint density at radius 3 is 3.09 bits per heavy atom. The van der Waals surface area contributed by atoms with Crippen molar-refractivity contribution in [3.05, 3.63) is 30.2 Å². The molecule has 124 valence electrons. The Hall–Kier alpha value is -2.18. The average Bonchev–Trinajstić information content (AvgIpc) is 3.20. The zero-order valence-corrected chi connectivity index (χ0v) is 13.5. The van der Waals surface area contributed by atoms with Crippen LogP contribution in [0.2, 0.25) is 0 Å². The molecular weight excluding hydrogens is 294 g/mol. The van der Waals surface area contributed by atoms with Crippen LogP contribution in [-0.2, 0) is 17.8 Å². The van der Waals surface area contributed by atoms with E-state index in [0.717, 1.165) is 32.4 Å². The van der Waals surface area contributed by atoms with E-state index in [-0.39, 0.29) is 11.9 Å². The molecule has 1 aliphatic heterocycles. The van der Waals surface area contributed by atoms with E-state index in [1.807, 2.05) is 21.8 Å². The van der Waals surface area contributed by atoms with Gasteiger partial charge in [-0.3, -0.25) is 9.48 Å². The lowest BCUT2D eigenvalue weighted by atomic mass is 10.0. The molecule has 23 heavy (non-hydrogen) atoms. The molecule has 0 aromatic carbocycles. The van der Waals surface area contributed by atoms with E-state index >= 15 is 0 Å². The van der Waals surface area contributed by atoms with Gasteiger partial charge in [-0.2, -0.15) is 10.1 Å². The number of nitrogens with zero attached hydrogens (tertiary/aromatic N) is 5. The van der Waals surface area contributed by atoms with Crippen molar-refractivity contribution >= 4 is 5.91 Å². The van der Waals surface area contributed by atoms with Gasteiger partial charge in [-0.1, -0.05) is 5.16 Å². The molecule has 1 atom stereocenters. The molecule has 0 N–H and O–H groups in total. The van der Waals surface area contributed by atoms with Crippen LogP contribution in [0.1, 0.15) is 43.8 Å². The summed E-state index contributed by atoms with van der Waals surface area (Å²) >= 11 is 0. The van der Waals surface area contributed by atoms with Gasteiger partial charge in [0.25, 0.3) is 0 Å². The van der Waals surface area contributed by atoms with Gasteiger partial charge in [0.1, 0.15) is 0 Å². The van der Waals surface area contributed by atoms with E-state index in [1.54, 1.807) is 13.1 Å². The van der Waals surface area contributed by atoms with Crippen molar-refractivity contribution < 1.29 is 9.32 Å². The molecule has 3 heterocycles. The summed E-state index contributed by atoms with van der Waals surface area (Å²) in [4.78, 5) is 18.8. The van der Waals surface area contributed by atoms with E-state index in [0.29, 0.717) is 24.6 Å². The monoisotopic (exact) mass is 317 g/mol. The van der Waals surface area contributed by atoms with Gasteiger partial charge < -0.3 is 9.42 Å². The van der Waals surface area contributed by atoms with Crippen molar-refractivity contribution in [2.45, 2.75) is 58.0 Å². The highest BCUT2D eigenvalue weighted by Crippen LogP contribution is 2.20. The van der Waals surface area contributed by atoms with Crippen LogP contribution in [0.25, 0.3) is 0 Å². The van der Waals surface area contributed by atoms with Crippen LogP contribution in [0.5, 0.6) is 0 Å². The number of aromatic nitrogens is 4. The molecule has 1 aliphatic rings. The Morgan fingerprint density at radius 2 is 2.35 bits per heavy atom. The maximum absolute atomic E-state index is 12.6. The summed E-state index contributed by atoms with van der Waals surface area (Å²) in [5.74, 6) is 1.47. The lowest BCUT2D eigenvalue weighted by molar-refractivity contribution is -0.135. The Kier molecular flexibility index (Phi) is 5.05. The van der Waals surface area contributed by atoms with Gasteiger partial charge >= 0.3 is 0 Å². The summed E-state index contributed by atoms with van der Waals surface area (Å²) in [7, 11) is 0. The number of carbonyl (C=O) groups excluding carboxylic acids is 1. The number of hydrogen-bond donors (Lipinski definition) is 0. The summed E-state index contributed by atoms with van der Waals surface area (Å²) in [5, 5.41) is 8.03. The lowest BCUT2D eigenvalue weighted by Gasteiger charge is -2.35. The summed E-state index contributed by atoms with van der Waals surface area (Å²) < 4.78 is 7.00. The third-order valence-corrected chi connectivity index (χ3v) is 4.26. The molecule has 2 aromatic heterocycles. The van der Waals surface area contributed by atoms with Crippen LogP contribution in [0, 0.1) is 6.92 Å². The molecule has 0 saturated carbocycles. The third-order valence-electron chi connectivity index (χ3n) is 4.26. The molecule has 0 bridgehead atoms. The molecule has 1 fully saturated rings. The fourth-order valence-corrected chi connectivity index (χ4v) is 3.12. The standard InChI is InChI=1S/C16H23N5O2/c1-13-18-15(23-19-13)7-4-8-16(22)21-11-3-2-6-14(21)12-20-10-5-9-17-20/h5,9-10,14H,2-4,6-8,11-12H2,1H3/t14-/m0/s1. The second kappa shape index (κ2) is 7.39. The molecule has 0 spiro atoms. The fourth-order valence-electron chi connectivity index (χ4n) is 3.12. The van der Waals surface area contributed by atoms with E-state index in [1.165, 1.54) is 6.42 Å². The maximum atomic E-state index is 12.6. The largest absolute Gasteiger partial charge is 0.339 e. The molecule has 0 unspecified atom stereocenters. The van der Waals surface area contributed by atoms with Gasteiger partial charge in [-0.15, -0.1) is 0 Å². The maximum Gasteiger partial charge on any atom is 0.226 e. The summed E-state index contributed by atoms with van der Waals surface area (Å²) in [5.41, 5.74) is 0. The molecule has 1 saturated heterocycles. The minimum absolute atomic E-state index is 0.220. The van der Waals surface area contributed by atoms with Gasteiger partial charge in [-0.25, -0.2) is 0 Å². The third kappa shape index (κ3) is 4.18. The number of rotatable bonds is 6. The number of carbonyl (C=O) groups is 1. The predicted molar refractivity (Wildman–Crippen MR) is 83.6 cm³/mol. The van der Waals surface area contributed by atoms with Gasteiger partial charge in [0.05, 0.1) is 12.6 Å². The summed E-state index contributed by atoms with van der Waals surface area (Å²) in [6.07, 6.45) is 8.97. The van der Waals surface area contributed by atoms with Crippen molar-refractivity contribution in [2.24, 2.45) is 0 Å². The lowest BCUT2D eigenvalue weighted by Crippen LogP contribution is -2.45. The number of hydrogen-bond acceptors (Lipinski definition) is 5. The Balaban J connectivity index is 1.51. The molecule has 2 aromatic rings. The van der Waals surface area contributed by atoms with E-state index in [2.05, 4.69) is 15.2 Å². The van der Waals surface area contributed by atoms with Gasteiger partial charge in [0.15, 0.2) is 5.82 Å². The van der Waals surface area contributed by atoms with E-state index in [9.17, 15) is 4.79 Å². The van der Waals surface area contributed by atoms with Crippen LogP contribution < -0.4 is 0 Å². The smallest absolute Gasteiger partial charge is 0.226 e. The minimum Gasteiger partial charge on any atom is -0.339 e. The molecular formula is C16H23N5O2. The quantitative estimate of drug-likeness (QED) is 0.814. The first kappa shape index (κ1) is 15.7. The SMILES string of the molecule is Cc1noc(CCCC(=O)N2CCCC[C@H]2Cn2cccn2)n1. The molecule has 0 radical (unpaired) electrons. The van der Waals surface area contributed by atoms with Crippen molar-refractivity contribution in [3.8, 4) is 0 Å². The molecule has 7 nitrogen and oxygen atoms in total. The van der Waals surface area contributed by atoms with E-state index < -0.39 is 0 Å². The van der Waals surface area contributed by atoms with Crippen molar-refractivity contribution in [1.29, 1.82) is 0 Å². The van der Waals surface area contributed by atoms with Gasteiger partial charge in [-0.05, 0) is 38.7 Å². The Labute approximate surface area is 135 Å². The highest BCUT2D eigenvalue weighted by molar-refractivity contribution is 5.76. The minimum atomic E-state index is 0.220. The number of piperidine rings is 1. The number of likely N-dealkylation sites (tertiary alicyclic amines) is 1. The number of amides is 1. The first-order valence-electron chi connectivity index (χ1n) is 8.28. The van der Waals surface area contributed by atoms with Gasteiger partial charge in [0, 0.05) is 31.8 Å². The van der Waals surface area contributed by atoms with Crippen molar-refractivity contribution in [3.63, 3.8) is 0 Å². The molecule has 3 rings (SSSR count). The second-order valence-electron chi connectivity index (χ2n) is 6.05. The Bertz CT molecular complexity index is 622. The normalized spacial score (nSPS) is 18.3. The molecule has 7 heteroatoms. The van der Waals surface area contributed by atoms with Gasteiger partial charge in [0.2, 0.25) is 11.8 Å². The van der Waals surface area contributed by atoms with Crippen LogP contribution in [0.15, 0.2) is 23.0 Å². The highest BCUT2D eigenvalue weighted by atomic mass is 16.5. The second-order valence-corrected chi connectivity index (χ2v) is 6.05. The van der Waals surface area contributed by atoms with Crippen LogP contribution in [-0.4, -0.2) is 43.3 Å². The van der Waals surface area contributed by atoms with Crippen LogP contribution >= 0.6 is 0 Å². The zero-order chi connectivity index (χ0) is 16.1. The fraction of sp³-hybridized carbons (Fsp3) is 0.625. The average molecular weight is 317 g/mol. The van der Waals surface area contributed by atoms with E-state index in [4.69, 9.17) is 4.52 Å². The van der Waals surface area contributed by atoms with Crippen molar-refractivity contribution in [2.75, 3.05) is 6.54 Å². The molecule has 0 aliphatic carbocycles. The predicted octanol–water partition coefficient (Wildman–Crippen LogP) is 1.98. The molecule has 1 amide bonds. The number of aryl methyl sites for hydroxylation is 2. The van der Waals surface area contributed by atoms with Crippen molar-refractivity contribution in [1.82, 2.24) is 24.8 Å². The highest BCUT2D eigenvalue weighted by Gasteiger charge is 2.26. The summed E-state index contributed by atoms with van der Waals surface area (Å²) in [6.45, 7) is 3.43.